The summed E-state index contributed by atoms with van der Waals surface area (Å²) in [7, 11) is 1.75. The zero-order chi connectivity index (χ0) is 18.7. The van der Waals surface area contributed by atoms with E-state index in [0.717, 1.165) is 0 Å². The van der Waals surface area contributed by atoms with E-state index in [1.165, 1.54) is 18.2 Å². The summed E-state index contributed by atoms with van der Waals surface area (Å²) >= 11 is 5.78. The molecule has 1 aromatic heterocycles. The van der Waals surface area contributed by atoms with Crippen LogP contribution in [0.25, 0.3) is 0 Å². The summed E-state index contributed by atoms with van der Waals surface area (Å²) in [5, 5.41) is 18.1. The normalized spacial score (nSPS) is 10.4. The highest BCUT2D eigenvalue weighted by Gasteiger charge is 2.16. The summed E-state index contributed by atoms with van der Waals surface area (Å²) in [5.41, 5.74) is 0.156. The number of aromatic nitrogens is 2. The van der Waals surface area contributed by atoms with Gasteiger partial charge in [0.1, 0.15) is 5.75 Å². The van der Waals surface area contributed by atoms with Gasteiger partial charge in [0.05, 0.1) is 4.92 Å². The lowest BCUT2D eigenvalue weighted by atomic mass is 10.2. The first-order chi connectivity index (χ1) is 12.4. The van der Waals surface area contributed by atoms with E-state index < -0.39 is 4.92 Å². The molecule has 1 amide bonds. The lowest BCUT2D eigenvalue weighted by Crippen LogP contribution is -2.12. The Morgan fingerprint density at radius 2 is 1.96 bits per heavy atom. The molecule has 0 spiro atoms. The zero-order valence-corrected chi connectivity index (χ0v) is 14.3. The largest absolute Gasteiger partial charge is 0.450 e. The monoisotopic (exact) mass is 372 g/mol. The fourth-order valence-electron chi connectivity index (χ4n) is 2.19. The van der Waals surface area contributed by atoms with E-state index in [0.29, 0.717) is 17.1 Å². The average molecular weight is 373 g/mol. The van der Waals surface area contributed by atoms with Gasteiger partial charge in [-0.05, 0) is 36.4 Å². The maximum Gasteiger partial charge on any atom is 0.313 e. The quantitative estimate of drug-likeness (QED) is 0.538. The predicted octanol–water partition coefficient (Wildman–Crippen LogP) is 4.03. The third kappa shape index (κ3) is 3.98. The van der Waals surface area contributed by atoms with Crippen LogP contribution in [0.1, 0.15) is 10.4 Å². The van der Waals surface area contributed by atoms with E-state index in [1.54, 1.807) is 48.3 Å². The minimum atomic E-state index is -0.574. The van der Waals surface area contributed by atoms with Crippen molar-refractivity contribution in [2.45, 2.75) is 0 Å². The van der Waals surface area contributed by atoms with Crippen LogP contribution in [0.4, 0.5) is 11.5 Å². The maximum atomic E-state index is 12.2. The van der Waals surface area contributed by atoms with Crippen LogP contribution in [0.15, 0.2) is 54.7 Å². The number of ether oxygens (including phenoxy) is 1. The number of aryl methyl sites for hydroxylation is 1. The molecule has 0 radical (unpaired) electrons. The van der Waals surface area contributed by atoms with Gasteiger partial charge in [0.15, 0.2) is 5.82 Å². The first kappa shape index (κ1) is 17.4. The summed E-state index contributed by atoms with van der Waals surface area (Å²) in [6, 6.07) is 12.0. The van der Waals surface area contributed by atoms with Crippen molar-refractivity contribution in [1.82, 2.24) is 9.78 Å². The number of nitro benzene ring substituents is 1. The highest BCUT2D eigenvalue weighted by Crippen LogP contribution is 2.33. The summed E-state index contributed by atoms with van der Waals surface area (Å²) in [4.78, 5) is 22.7. The van der Waals surface area contributed by atoms with Crippen molar-refractivity contribution < 1.29 is 14.5 Å². The molecule has 132 valence electrons. The molecule has 0 saturated heterocycles. The van der Waals surface area contributed by atoms with Crippen molar-refractivity contribution >= 4 is 29.0 Å². The molecule has 0 saturated carbocycles. The number of halogens is 1. The Kier molecular flexibility index (Phi) is 4.85. The van der Waals surface area contributed by atoms with Gasteiger partial charge in [-0.25, -0.2) is 0 Å². The number of rotatable bonds is 5. The van der Waals surface area contributed by atoms with Gasteiger partial charge in [-0.2, -0.15) is 5.10 Å². The Hall–Kier alpha value is -3.39. The van der Waals surface area contributed by atoms with E-state index in [9.17, 15) is 14.9 Å². The lowest BCUT2D eigenvalue weighted by Gasteiger charge is -2.07. The summed E-state index contributed by atoms with van der Waals surface area (Å²) in [5.74, 6) is 0.525. The van der Waals surface area contributed by atoms with Crippen LogP contribution in [0.2, 0.25) is 5.02 Å². The number of nitrogens with one attached hydrogen (secondary N) is 1. The number of carbonyl (C=O) groups is 1. The van der Waals surface area contributed by atoms with Crippen molar-refractivity contribution in [3.63, 3.8) is 0 Å². The van der Waals surface area contributed by atoms with Crippen molar-refractivity contribution in [3.8, 4) is 11.5 Å². The Morgan fingerprint density at radius 3 is 2.58 bits per heavy atom. The number of hydrogen-bond acceptors (Lipinski definition) is 5. The van der Waals surface area contributed by atoms with E-state index in [2.05, 4.69) is 10.4 Å². The molecule has 9 heteroatoms. The molecule has 0 atom stereocenters. The topological polar surface area (TPSA) is 99.3 Å². The fourth-order valence-corrected chi connectivity index (χ4v) is 2.36. The molecule has 2 aromatic carbocycles. The molecular formula is C17H13ClN4O4. The van der Waals surface area contributed by atoms with Gasteiger partial charge in [-0.1, -0.05) is 11.6 Å². The lowest BCUT2D eigenvalue weighted by molar-refractivity contribution is -0.385. The van der Waals surface area contributed by atoms with Gasteiger partial charge in [0.2, 0.25) is 5.75 Å². The molecule has 1 N–H and O–H groups in total. The van der Waals surface area contributed by atoms with Gasteiger partial charge < -0.3 is 10.1 Å². The van der Waals surface area contributed by atoms with E-state index in [1.807, 2.05) is 0 Å². The molecule has 8 nitrogen and oxygen atoms in total. The third-order valence-electron chi connectivity index (χ3n) is 3.42. The fraction of sp³-hybridized carbons (Fsp3) is 0.0588. The molecule has 3 rings (SSSR count). The van der Waals surface area contributed by atoms with Crippen molar-refractivity contribution in [1.29, 1.82) is 0 Å². The first-order valence-corrected chi connectivity index (χ1v) is 7.83. The number of amides is 1. The molecule has 3 aromatic rings. The van der Waals surface area contributed by atoms with E-state index in [-0.39, 0.29) is 22.4 Å². The van der Waals surface area contributed by atoms with Crippen LogP contribution >= 0.6 is 11.6 Å². The minimum Gasteiger partial charge on any atom is -0.450 e. The van der Waals surface area contributed by atoms with Crippen LogP contribution in [-0.4, -0.2) is 20.6 Å². The molecule has 0 aliphatic heterocycles. The Labute approximate surface area is 153 Å². The van der Waals surface area contributed by atoms with Crippen LogP contribution in [0.5, 0.6) is 11.5 Å². The molecule has 1 heterocycles. The Morgan fingerprint density at radius 1 is 1.23 bits per heavy atom. The molecule has 0 aliphatic carbocycles. The highest BCUT2D eigenvalue weighted by atomic mass is 35.5. The van der Waals surface area contributed by atoms with Crippen molar-refractivity contribution in [3.05, 3.63) is 75.4 Å². The third-order valence-corrected chi connectivity index (χ3v) is 3.65. The SMILES string of the molecule is Cn1ccc(NC(=O)c2ccc(Oc3ccc(Cl)cc3[N+](=O)[O-])cc2)n1. The molecule has 0 fully saturated rings. The number of benzene rings is 2. The molecule has 26 heavy (non-hydrogen) atoms. The number of hydrogen-bond donors (Lipinski definition) is 1. The zero-order valence-electron chi connectivity index (χ0n) is 13.5. The minimum absolute atomic E-state index is 0.0603. The van der Waals surface area contributed by atoms with Gasteiger partial charge in [0, 0.05) is 36.0 Å². The smallest absolute Gasteiger partial charge is 0.313 e. The number of nitrogens with zero attached hydrogens (tertiary/aromatic N) is 3. The predicted molar refractivity (Wildman–Crippen MR) is 95.8 cm³/mol. The highest BCUT2D eigenvalue weighted by molar-refractivity contribution is 6.30. The van der Waals surface area contributed by atoms with Crippen LogP contribution in [0.3, 0.4) is 0 Å². The molecular weight excluding hydrogens is 360 g/mol. The van der Waals surface area contributed by atoms with Crippen LogP contribution in [0, 0.1) is 10.1 Å². The summed E-state index contributed by atoms with van der Waals surface area (Å²) in [6.45, 7) is 0. The molecule has 0 aliphatic rings. The second-order valence-corrected chi connectivity index (χ2v) is 5.76. The number of anilines is 1. The van der Waals surface area contributed by atoms with Gasteiger partial charge in [-0.3, -0.25) is 19.6 Å². The average Bonchev–Trinajstić information content (AvgIpc) is 3.01. The van der Waals surface area contributed by atoms with E-state index in [4.69, 9.17) is 16.3 Å². The Bertz CT molecular complexity index is 969. The second kappa shape index (κ2) is 7.24. The second-order valence-electron chi connectivity index (χ2n) is 5.32. The van der Waals surface area contributed by atoms with Gasteiger partial charge in [0.25, 0.3) is 5.91 Å². The molecule has 0 unspecified atom stereocenters. The standard InChI is InChI=1S/C17H13ClN4O4/c1-21-9-8-16(20-21)19-17(23)11-2-5-13(6-3-11)26-15-7-4-12(18)10-14(15)22(24)25/h2-10H,1H3,(H,19,20,23). The van der Waals surface area contributed by atoms with Crippen molar-refractivity contribution in [2.75, 3.05) is 5.32 Å². The summed E-state index contributed by atoms with van der Waals surface area (Å²) in [6.07, 6.45) is 1.71. The summed E-state index contributed by atoms with van der Waals surface area (Å²) < 4.78 is 7.11. The molecule has 0 bridgehead atoms. The van der Waals surface area contributed by atoms with Gasteiger partial charge >= 0.3 is 5.69 Å². The van der Waals surface area contributed by atoms with Gasteiger partial charge in [-0.15, -0.1) is 0 Å². The van der Waals surface area contributed by atoms with E-state index >= 15 is 0 Å². The Balaban J connectivity index is 1.74. The number of nitro groups is 1. The maximum absolute atomic E-state index is 12.2. The number of carbonyl (C=O) groups excluding carboxylic acids is 1. The van der Waals surface area contributed by atoms with Crippen LogP contribution < -0.4 is 10.1 Å². The van der Waals surface area contributed by atoms with Crippen molar-refractivity contribution in [2.24, 2.45) is 7.05 Å². The first-order valence-electron chi connectivity index (χ1n) is 7.45. The van der Waals surface area contributed by atoms with Crippen LogP contribution in [-0.2, 0) is 7.05 Å².